The molecular formula is C8H9F9O3S. The average molecular weight is 356 g/mol. The van der Waals surface area contributed by atoms with Gasteiger partial charge in [-0.1, -0.05) is 6.92 Å². The normalized spacial score (nSPS) is 13.3. The molecule has 0 aromatic rings. The summed E-state index contributed by atoms with van der Waals surface area (Å²) < 4.78 is 126. The van der Waals surface area contributed by atoms with Crippen LogP contribution in [0.25, 0.3) is 0 Å². The highest BCUT2D eigenvalue weighted by Crippen LogP contribution is 2.53. The van der Waals surface area contributed by atoms with Crippen LogP contribution in [0.1, 0.15) is 13.3 Å². The highest BCUT2D eigenvalue weighted by atomic mass is 32.2. The zero-order chi connectivity index (χ0) is 17.7. The van der Waals surface area contributed by atoms with Gasteiger partial charge in [-0.2, -0.15) is 47.9 Å². The van der Waals surface area contributed by atoms with Gasteiger partial charge < -0.3 is 5.11 Å². The van der Waals surface area contributed by atoms with E-state index in [-0.39, 0.29) is 0 Å². The number of aliphatic hydroxyl groups excluding tert-OH is 1. The summed E-state index contributed by atoms with van der Waals surface area (Å²) in [5.74, 6) is -18.7. The Morgan fingerprint density at radius 2 is 1.29 bits per heavy atom. The van der Waals surface area contributed by atoms with E-state index in [0.717, 1.165) is 5.37 Å². The van der Waals surface area contributed by atoms with Crippen LogP contribution in [0.3, 0.4) is 0 Å². The maximum Gasteiger partial charge on any atom is 0.460 e. The molecule has 21 heavy (non-hydrogen) atoms. The van der Waals surface area contributed by atoms with Gasteiger partial charge in [-0.05, 0) is 0 Å². The Balaban J connectivity index is 0. The predicted octanol–water partition coefficient (Wildman–Crippen LogP) is 2.52. The van der Waals surface area contributed by atoms with E-state index in [1.165, 1.54) is 0 Å². The summed E-state index contributed by atoms with van der Waals surface area (Å²) in [5.41, 5.74) is 0. The molecule has 0 spiro atoms. The molecule has 0 saturated carbocycles. The first-order valence-electron chi connectivity index (χ1n) is 4.81. The summed E-state index contributed by atoms with van der Waals surface area (Å²) in [5, 5.41) is 8.55. The molecule has 0 saturated heterocycles. The van der Waals surface area contributed by atoms with Crippen LogP contribution in [0.15, 0.2) is 0 Å². The van der Waals surface area contributed by atoms with Crippen molar-refractivity contribution in [2.75, 3.05) is 6.61 Å². The van der Waals surface area contributed by atoms with E-state index in [9.17, 15) is 47.9 Å². The number of hydrogen-bond donors (Lipinski definition) is 1. The highest BCUT2D eigenvalue weighted by molar-refractivity contribution is 7.71. The Kier molecular flexibility index (Phi) is 7.79. The van der Waals surface area contributed by atoms with Crippen LogP contribution in [-0.4, -0.2) is 49.4 Å². The van der Waals surface area contributed by atoms with Crippen molar-refractivity contribution in [1.82, 2.24) is 0 Å². The first-order chi connectivity index (χ1) is 9.08. The molecule has 3 nitrogen and oxygen atoms in total. The lowest BCUT2D eigenvalue weighted by atomic mass is 10.0. The highest BCUT2D eigenvalue weighted by Gasteiger charge is 2.81. The molecule has 0 fully saturated rings. The summed E-state index contributed by atoms with van der Waals surface area (Å²) in [7, 11) is -2.19. The third-order valence-corrected chi connectivity index (χ3v) is 2.29. The Morgan fingerprint density at radius 1 is 0.905 bits per heavy atom. The largest absolute Gasteiger partial charge is 0.460 e. The number of rotatable bonds is 4. The number of halogens is 9. The fourth-order valence-electron chi connectivity index (χ4n) is 0.691. The lowest BCUT2D eigenvalue weighted by Gasteiger charge is -2.33. The summed E-state index contributed by atoms with van der Waals surface area (Å²) in [6, 6.07) is 0. The standard InChI is InChI=1S/C6H5F9.C2H4O3S/c1-2-3(7,8)4(9,10)5(11,12)6(13,14)15;3-1-2-6(4)5/h2H2,1H3;2-3H,1H2. The fourth-order valence-corrected chi connectivity index (χ4v) is 0.812. The Hall–Kier alpha value is -0.980. The molecule has 0 radical (unpaired) electrons. The Morgan fingerprint density at radius 3 is 1.43 bits per heavy atom. The summed E-state index contributed by atoms with van der Waals surface area (Å²) in [6.45, 7) is -0.0313. The van der Waals surface area contributed by atoms with Crippen LogP contribution in [0.2, 0.25) is 0 Å². The van der Waals surface area contributed by atoms with Crippen molar-refractivity contribution in [3.05, 3.63) is 0 Å². The maximum absolute atomic E-state index is 12.3. The molecule has 0 aliphatic rings. The quantitative estimate of drug-likeness (QED) is 0.622. The zero-order valence-corrected chi connectivity index (χ0v) is 10.9. The van der Waals surface area contributed by atoms with Crippen molar-refractivity contribution in [3.8, 4) is 0 Å². The first kappa shape index (κ1) is 22.3. The molecule has 0 atom stereocenters. The van der Waals surface area contributed by atoms with Crippen molar-refractivity contribution in [3.63, 3.8) is 0 Å². The molecule has 0 unspecified atom stereocenters. The van der Waals surface area contributed by atoms with E-state index in [1.807, 2.05) is 0 Å². The average Bonchev–Trinajstić information content (AvgIpc) is 2.27. The fraction of sp³-hybridized carbons (Fsp3) is 0.875. The van der Waals surface area contributed by atoms with E-state index in [2.05, 4.69) is 0 Å². The third-order valence-electron chi connectivity index (χ3n) is 1.86. The minimum absolute atomic E-state index is 0.375. The van der Waals surface area contributed by atoms with Crippen LogP contribution in [0, 0.1) is 0 Å². The SMILES string of the molecule is CCC(F)(F)C(F)(F)C(F)(F)C(F)(F)F.O=S(=O)=CCO. The topological polar surface area (TPSA) is 54.4 Å². The molecule has 0 aromatic heterocycles. The predicted molar refractivity (Wildman–Crippen MR) is 53.3 cm³/mol. The summed E-state index contributed by atoms with van der Waals surface area (Å²) >= 11 is 0. The summed E-state index contributed by atoms with van der Waals surface area (Å²) in [6.07, 6.45) is -8.55. The molecule has 13 heteroatoms. The molecule has 0 amide bonds. The third kappa shape index (κ3) is 5.37. The molecule has 1 N–H and O–H groups in total. The van der Waals surface area contributed by atoms with Crippen LogP contribution < -0.4 is 0 Å². The van der Waals surface area contributed by atoms with Crippen LogP contribution >= 0.6 is 0 Å². The van der Waals surface area contributed by atoms with Gasteiger partial charge >= 0.3 is 23.9 Å². The van der Waals surface area contributed by atoms with Gasteiger partial charge in [0.15, 0.2) is 0 Å². The minimum atomic E-state index is -6.76. The van der Waals surface area contributed by atoms with E-state index in [0.29, 0.717) is 6.92 Å². The van der Waals surface area contributed by atoms with Crippen LogP contribution in [-0.2, 0) is 10.3 Å². The molecule has 0 aliphatic heterocycles. The molecular weight excluding hydrogens is 347 g/mol. The van der Waals surface area contributed by atoms with Gasteiger partial charge in [0.05, 0.1) is 12.0 Å². The van der Waals surface area contributed by atoms with E-state index >= 15 is 0 Å². The Labute approximate surface area is 113 Å². The number of aliphatic hydroxyl groups is 1. The van der Waals surface area contributed by atoms with Crippen LogP contribution in [0.4, 0.5) is 39.5 Å². The van der Waals surface area contributed by atoms with Crippen molar-refractivity contribution < 1.29 is 53.0 Å². The number of hydrogen-bond acceptors (Lipinski definition) is 3. The van der Waals surface area contributed by atoms with Crippen molar-refractivity contribution >= 4 is 15.7 Å². The van der Waals surface area contributed by atoms with Gasteiger partial charge in [0, 0.05) is 6.42 Å². The minimum Gasteiger partial charge on any atom is -0.391 e. The van der Waals surface area contributed by atoms with Crippen molar-refractivity contribution in [1.29, 1.82) is 0 Å². The molecule has 0 rings (SSSR count). The molecule has 0 bridgehead atoms. The summed E-state index contributed by atoms with van der Waals surface area (Å²) in [4.78, 5) is 0. The van der Waals surface area contributed by atoms with Crippen molar-refractivity contribution in [2.45, 2.75) is 37.3 Å². The second-order valence-corrected chi connectivity index (χ2v) is 4.17. The van der Waals surface area contributed by atoms with E-state index in [4.69, 9.17) is 5.11 Å². The lowest BCUT2D eigenvalue weighted by Crippen LogP contribution is -2.60. The van der Waals surface area contributed by atoms with Gasteiger partial charge in [-0.15, -0.1) is 0 Å². The molecule has 0 aromatic carbocycles. The lowest BCUT2D eigenvalue weighted by molar-refractivity contribution is -0.396. The number of alkyl halides is 9. The maximum atomic E-state index is 12.3. The zero-order valence-electron chi connectivity index (χ0n) is 10.1. The molecule has 0 aliphatic carbocycles. The Bertz CT molecular complexity index is 444. The monoisotopic (exact) mass is 356 g/mol. The molecule has 128 valence electrons. The second-order valence-electron chi connectivity index (χ2n) is 3.31. The first-order valence-corrected chi connectivity index (χ1v) is 5.94. The van der Waals surface area contributed by atoms with Gasteiger partial charge in [0.1, 0.15) is 0 Å². The van der Waals surface area contributed by atoms with Crippen LogP contribution in [0.5, 0.6) is 0 Å². The van der Waals surface area contributed by atoms with Crippen molar-refractivity contribution in [2.24, 2.45) is 0 Å². The second kappa shape index (κ2) is 7.33. The smallest absolute Gasteiger partial charge is 0.391 e. The van der Waals surface area contributed by atoms with Gasteiger partial charge in [-0.3, -0.25) is 0 Å². The van der Waals surface area contributed by atoms with E-state index in [1.54, 1.807) is 0 Å². The van der Waals surface area contributed by atoms with Gasteiger partial charge in [-0.25, -0.2) is 0 Å². The van der Waals surface area contributed by atoms with Gasteiger partial charge in [0.2, 0.25) is 10.3 Å². The van der Waals surface area contributed by atoms with Gasteiger partial charge in [0.25, 0.3) is 0 Å². The van der Waals surface area contributed by atoms with E-state index < -0.39 is 47.3 Å². The molecule has 0 heterocycles.